The number of rotatable bonds is 7. The van der Waals surface area contributed by atoms with E-state index in [1.165, 1.54) is 24.3 Å². The molecule has 4 aliphatic heterocycles. The van der Waals surface area contributed by atoms with Crippen molar-refractivity contribution in [1.29, 1.82) is 0 Å². The van der Waals surface area contributed by atoms with Gasteiger partial charge in [0.25, 0.3) is 11.6 Å². The van der Waals surface area contributed by atoms with Crippen LogP contribution >= 0.6 is 0 Å². The molecule has 16 nitrogen and oxygen atoms in total. The molecule has 3 atom stereocenters. The summed E-state index contributed by atoms with van der Waals surface area (Å²) in [5, 5.41) is 16.3. The van der Waals surface area contributed by atoms with Crippen molar-refractivity contribution in [1.82, 2.24) is 14.9 Å². The van der Waals surface area contributed by atoms with Gasteiger partial charge in [0.2, 0.25) is 15.7 Å². The molecule has 2 aromatic heterocycles. The zero-order chi connectivity index (χ0) is 33.2. The van der Waals surface area contributed by atoms with E-state index in [9.17, 15) is 23.3 Å². The van der Waals surface area contributed by atoms with Crippen molar-refractivity contribution in [2.75, 3.05) is 62.9 Å². The third-order valence-corrected chi connectivity index (χ3v) is 10.8. The van der Waals surface area contributed by atoms with Crippen LogP contribution in [0.2, 0.25) is 0 Å². The van der Waals surface area contributed by atoms with Crippen LogP contribution in [-0.2, 0) is 19.3 Å². The first-order valence-corrected chi connectivity index (χ1v) is 16.9. The van der Waals surface area contributed by atoms with Crippen molar-refractivity contribution in [3.05, 3.63) is 64.3 Å². The Morgan fingerprint density at radius 1 is 1.10 bits per heavy atom. The number of benzene rings is 2. The Balaban J connectivity index is 1.25. The topological polar surface area (TPSA) is 204 Å². The largest absolute Gasteiger partial charge is 0.489 e. The average molecular weight is 678 g/mol. The van der Waals surface area contributed by atoms with Crippen LogP contribution in [0, 0.1) is 10.1 Å². The van der Waals surface area contributed by atoms with Gasteiger partial charge in [0.15, 0.2) is 11.4 Å². The van der Waals surface area contributed by atoms with Crippen LogP contribution in [0.25, 0.3) is 11.0 Å². The van der Waals surface area contributed by atoms with E-state index in [0.29, 0.717) is 31.1 Å². The summed E-state index contributed by atoms with van der Waals surface area (Å²) in [4.78, 5) is 35.5. The molecule has 8 rings (SSSR count). The van der Waals surface area contributed by atoms with E-state index in [2.05, 4.69) is 20.2 Å². The molecule has 4 aliphatic rings. The van der Waals surface area contributed by atoms with Crippen molar-refractivity contribution in [3.63, 3.8) is 0 Å². The van der Waals surface area contributed by atoms with Gasteiger partial charge in [-0.25, -0.2) is 8.42 Å². The fourth-order valence-electron chi connectivity index (χ4n) is 6.78. The molecule has 48 heavy (non-hydrogen) atoms. The highest BCUT2D eigenvalue weighted by Crippen LogP contribution is 2.48. The molecule has 2 saturated heterocycles. The number of primary amides is 1. The Morgan fingerprint density at radius 3 is 2.73 bits per heavy atom. The number of nitrogens with zero attached hydrogens (tertiary/aromatic N) is 4. The number of pyridine rings is 1. The Hall–Kier alpha value is -4.97. The highest BCUT2D eigenvalue weighted by Gasteiger charge is 2.45. The molecule has 0 radical (unpaired) electrons. The maximum atomic E-state index is 14.7. The number of hydrogen-bond acceptors (Lipinski definition) is 13. The van der Waals surface area contributed by atoms with E-state index in [1.807, 2.05) is 6.07 Å². The minimum absolute atomic E-state index is 0.00303. The van der Waals surface area contributed by atoms with Gasteiger partial charge >= 0.3 is 0 Å². The van der Waals surface area contributed by atoms with Gasteiger partial charge in [-0.05, 0) is 24.3 Å². The van der Waals surface area contributed by atoms with Crippen molar-refractivity contribution in [2.45, 2.75) is 28.0 Å². The number of H-pyrrole nitrogens is 1. The monoisotopic (exact) mass is 677 g/mol. The van der Waals surface area contributed by atoms with Gasteiger partial charge < -0.3 is 39.9 Å². The highest BCUT2D eigenvalue weighted by molar-refractivity contribution is 7.91. The van der Waals surface area contributed by atoms with Crippen LogP contribution in [0.15, 0.2) is 58.5 Å². The number of morpholine rings is 1. The van der Waals surface area contributed by atoms with E-state index >= 15 is 0 Å². The van der Waals surface area contributed by atoms with E-state index in [4.69, 9.17) is 24.7 Å². The second kappa shape index (κ2) is 11.6. The van der Waals surface area contributed by atoms with Crippen molar-refractivity contribution in [3.8, 4) is 11.6 Å². The van der Waals surface area contributed by atoms with Crippen molar-refractivity contribution in [2.24, 2.45) is 5.73 Å². The lowest BCUT2D eigenvalue weighted by Gasteiger charge is -2.40. The standard InChI is InChI=1S/C31H31N7O9S/c32-29(39)20-2-1-3-26(28(20)37-22-10-17-4-5-33-30(17)35-31(22)47-25-16-45-15-23(25)37)48(42,43)19-11-21(38(40)41)27-24(12-19)46-14-18(34-27)13-36-6-8-44-9-7-36/h1-5,10-12,18,23,25,34H,6-9,13-16H2,(H2,32,39)(H,33,35)/t18-,23-,25-/m0/s1. The second-order valence-corrected chi connectivity index (χ2v) is 13.9. The highest BCUT2D eigenvalue weighted by atomic mass is 32.2. The first-order valence-electron chi connectivity index (χ1n) is 15.4. The molecule has 0 aliphatic carbocycles. The van der Waals surface area contributed by atoms with Gasteiger partial charge in [-0.2, -0.15) is 4.98 Å². The summed E-state index contributed by atoms with van der Waals surface area (Å²) in [6, 6.07) is 9.28. The maximum Gasteiger partial charge on any atom is 0.297 e. The predicted octanol–water partition coefficient (Wildman–Crippen LogP) is 2.21. The number of nitrogens with one attached hydrogen (secondary N) is 2. The number of hydrogen-bond donors (Lipinski definition) is 3. The summed E-state index contributed by atoms with van der Waals surface area (Å²) in [7, 11) is -4.56. The molecule has 2 fully saturated rings. The molecule has 250 valence electrons. The molecule has 0 unspecified atom stereocenters. The number of nitro benzene ring substituents is 1. The van der Waals surface area contributed by atoms with Crippen LogP contribution in [0.4, 0.5) is 22.7 Å². The van der Waals surface area contributed by atoms with E-state index in [1.54, 1.807) is 17.2 Å². The summed E-state index contributed by atoms with van der Waals surface area (Å²) in [6.07, 6.45) is 1.18. The van der Waals surface area contributed by atoms with E-state index in [0.717, 1.165) is 24.5 Å². The fraction of sp³-hybridized carbons (Fsp3) is 0.355. The van der Waals surface area contributed by atoms with Crippen LogP contribution < -0.4 is 25.4 Å². The molecule has 0 saturated carbocycles. The SMILES string of the molecule is NC(=O)c1cccc(S(=O)(=O)c2cc3c(c([N+](=O)[O-])c2)N[C@@H](CN2CCOCC2)CO3)c1N1c2cc3cc[nH]c3nc2O[C@H]2COC[C@@H]21. The molecular formula is C31H31N7O9S. The Kier molecular flexibility index (Phi) is 7.35. The normalized spacial score (nSPS) is 22.2. The summed E-state index contributed by atoms with van der Waals surface area (Å²) in [5.41, 5.74) is 6.41. The zero-order valence-corrected chi connectivity index (χ0v) is 26.3. The van der Waals surface area contributed by atoms with Crippen LogP contribution in [0.3, 0.4) is 0 Å². The lowest BCUT2D eigenvalue weighted by molar-refractivity contribution is -0.384. The lowest BCUT2D eigenvalue weighted by Crippen LogP contribution is -2.47. The second-order valence-electron chi connectivity index (χ2n) is 12.0. The number of nitro groups is 1. The molecule has 1 amide bonds. The number of carbonyl (C=O) groups excluding carboxylic acids is 1. The predicted molar refractivity (Wildman–Crippen MR) is 171 cm³/mol. The number of ether oxygens (including phenoxy) is 4. The van der Waals surface area contributed by atoms with Crippen LogP contribution in [0.5, 0.6) is 11.6 Å². The lowest BCUT2D eigenvalue weighted by atomic mass is 10.0. The summed E-state index contributed by atoms with van der Waals surface area (Å²) >= 11 is 0. The van der Waals surface area contributed by atoms with Gasteiger partial charge in [0.05, 0.1) is 64.5 Å². The minimum Gasteiger partial charge on any atom is -0.489 e. The maximum absolute atomic E-state index is 14.7. The van der Waals surface area contributed by atoms with Crippen molar-refractivity contribution < 1.29 is 37.1 Å². The molecule has 4 N–H and O–H groups in total. The number of nitrogens with two attached hydrogens (primary N) is 1. The number of aromatic nitrogens is 2. The molecule has 0 spiro atoms. The Bertz CT molecular complexity index is 2060. The number of carbonyl (C=O) groups is 1. The Morgan fingerprint density at radius 2 is 1.94 bits per heavy atom. The van der Waals surface area contributed by atoms with Gasteiger partial charge in [0, 0.05) is 43.4 Å². The average Bonchev–Trinajstić information content (AvgIpc) is 3.75. The first kappa shape index (κ1) is 30.4. The summed E-state index contributed by atoms with van der Waals surface area (Å²) in [6.45, 7) is 3.76. The minimum atomic E-state index is -4.56. The third kappa shape index (κ3) is 5.06. The molecule has 0 bridgehead atoms. The number of para-hydroxylation sites is 1. The summed E-state index contributed by atoms with van der Waals surface area (Å²) in [5.74, 6) is -0.611. The smallest absolute Gasteiger partial charge is 0.297 e. The fourth-order valence-corrected chi connectivity index (χ4v) is 8.28. The number of amides is 1. The van der Waals surface area contributed by atoms with Gasteiger partial charge in [-0.3, -0.25) is 19.8 Å². The number of anilines is 3. The first-order chi connectivity index (χ1) is 23.2. The third-order valence-electron chi connectivity index (χ3n) is 9.06. The zero-order valence-electron chi connectivity index (χ0n) is 25.5. The van der Waals surface area contributed by atoms with E-state index < -0.39 is 38.5 Å². The Labute approximate surface area is 273 Å². The number of aromatic amines is 1. The van der Waals surface area contributed by atoms with Crippen LogP contribution in [-0.4, -0.2) is 105 Å². The quantitative estimate of drug-likeness (QED) is 0.190. The van der Waals surface area contributed by atoms with Crippen LogP contribution in [0.1, 0.15) is 10.4 Å². The van der Waals surface area contributed by atoms with Gasteiger partial charge in [0.1, 0.15) is 24.0 Å². The number of sulfone groups is 1. The van der Waals surface area contributed by atoms with Gasteiger partial charge in [-0.15, -0.1) is 0 Å². The molecular weight excluding hydrogens is 646 g/mol. The number of fused-ring (bicyclic) bond motifs is 4. The van der Waals surface area contributed by atoms with Crippen molar-refractivity contribution >= 4 is 49.5 Å². The molecule has 2 aromatic carbocycles. The molecule has 6 heterocycles. The molecule has 17 heteroatoms. The van der Waals surface area contributed by atoms with E-state index in [-0.39, 0.29) is 64.2 Å². The molecule has 4 aromatic rings. The summed E-state index contributed by atoms with van der Waals surface area (Å²) < 4.78 is 52.6. The van der Waals surface area contributed by atoms with Gasteiger partial charge in [-0.1, -0.05) is 6.07 Å².